The molecule has 0 aliphatic carbocycles. The van der Waals surface area contributed by atoms with Gasteiger partial charge in [0.2, 0.25) is 17.7 Å². The average Bonchev–Trinajstić information content (AvgIpc) is 3.03. The van der Waals surface area contributed by atoms with E-state index in [9.17, 15) is 14.4 Å². The zero-order valence-electron chi connectivity index (χ0n) is 15.3. The van der Waals surface area contributed by atoms with E-state index in [1.807, 2.05) is 42.5 Å². The predicted octanol–water partition coefficient (Wildman–Crippen LogP) is 2.77. The fourth-order valence-electron chi connectivity index (χ4n) is 3.07. The van der Waals surface area contributed by atoms with E-state index < -0.39 is 0 Å². The molecule has 140 valence electrons. The van der Waals surface area contributed by atoms with Gasteiger partial charge in [-0.15, -0.1) is 0 Å². The van der Waals surface area contributed by atoms with Crippen LogP contribution in [0.15, 0.2) is 54.6 Å². The van der Waals surface area contributed by atoms with Crippen LogP contribution in [-0.2, 0) is 20.9 Å². The fraction of sp³-hybridized carbons (Fsp3) is 0.286. The number of ether oxygens (including phenoxy) is 1. The van der Waals surface area contributed by atoms with Gasteiger partial charge in [-0.2, -0.15) is 0 Å². The lowest BCUT2D eigenvalue weighted by Gasteiger charge is -2.24. The van der Waals surface area contributed by atoms with Gasteiger partial charge in [-0.1, -0.05) is 30.3 Å². The zero-order chi connectivity index (χ0) is 19.2. The summed E-state index contributed by atoms with van der Waals surface area (Å²) in [4.78, 5) is 39.3. The molecule has 3 amide bonds. The van der Waals surface area contributed by atoms with Crippen LogP contribution in [0.5, 0.6) is 5.75 Å². The van der Waals surface area contributed by atoms with Crippen LogP contribution >= 0.6 is 0 Å². The van der Waals surface area contributed by atoms with E-state index in [0.29, 0.717) is 12.3 Å². The maximum Gasteiger partial charge on any atom is 0.229 e. The number of imide groups is 1. The Hall–Kier alpha value is -3.15. The smallest absolute Gasteiger partial charge is 0.229 e. The largest absolute Gasteiger partial charge is 0.497 e. The molecule has 2 aromatic rings. The van der Waals surface area contributed by atoms with Crippen LogP contribution in [0.1, 0.15) is 24.8 Å². The Morgan fingerprint density at radius 3 is 2.22 bits per heavy atom. The van der Waals surface area contributed by atoms with Gasteiger partial charge in [0.1, 0.15) is 5.75 Å². The van der Waals surface area contributed by atoms with Gasteiger partial charge in [0.15, 0.2) is 0 Å². The molecule has 1 fully saturated rings. The number of amides is 3. The van der Waals surface area contributed by atoms with Crippen molar-refractivity contribution in [2.45, 2.75) is 25.8 Å². The second kappa shape index (κ2) is 8.49. The normalized spacial score (nSPS) is 13.7. The molecule has 3 rings (SSSR count). The van der Waals surface area contributed by atoms with E-state index in [0.717, 1.165) is 11.3 Å². The molecule has 6 heteroatoms. The number of carbonyl (C=O) groups excluding carboxylic acids is 3. The Morgan fingerprint density at radius 1 is 1.00 bits per heavy atom. The van der Waals surface area contributed by atoms with Crippen molar-refractivity contribution < 1.29 is 19.1 Å². The summed E-state index contributed by atoms with van der Waals surface area (Å²) >= 11 is 0. The number of rotatable bonds is 7. The Balaban J connectivity index is 1.76. The van der Waals surface area contributed by atoms with Gasteiger partial charge in [-0.3, -0.25) is 19.3 Å². The number of hydrogen-bond donors (Lipinski definition) is 0. The molecule has 2 aromatic carbocycles. The Kier molecular flexibility index (Phi) is 5.86. The number of anilines is 1. The lowest BCUT2D eigenvalue weighted by molar-refractivity contribution is -0.138. The van der Waals surface area contributed by atoms with Gasteiger partial charge < -0.3 is 9.64 Å². The molecular weight excluding hydrogens is 344 g/mol. The van der Waals surface area contributed by atoms with Gasteiger partial charge in [-0.25, -0.2) is 0 Å². The van der Waals surface area contributed by atoms with Crippen LogP contribution in [0, 0.1) is 0 Å². The summed E-state index contributed by atoms with van der Waals surface area (Å²) in [5.41, 5.74) is 1.73. The highest BCUT2D eigenvalue weighted by Gasteiger charge is 2.29. The molecule has 0 unspecified atom stereocenters. The number of benzene rings is 2. The topological polar surface area (TPSA) is 66.9 Å². The van der Waals surface area contributed by atoms with E-state index in [1.165, 1.54) is 4.90 Å². The third-order valence-corrected chi connectivity index (χ3v) is 4.57. The zero-order valence-corrected chi connectivity index (χ0v) is 15.3. The Bertz CT molecular complexity index is 802. The van der Waals surface area contributed by atoms with Crippen molar-refractivity contribution in [1.29, 1.82) is 0 Å². The fourth-order valence-corrected chi connectivity index (χ4v) is 3.07. The minimum atomic E-state index is -0.202. The predicted molar refractivity (Wildman–Crippen MR) is 101 cm³/mol. The quantitative estimate of drug-likeness (QED) is 0.707. The number of carbonyl (C=O) groups is 3. The van der Waals surface area contributed by atoms with Gasteiger partial charge in [0.05, 0.1) is 13.7 Å². The van der Waals surface area contributed by atoms with Crippen LogP contribution in [0.3, 0.4) is 0 Å². The minimum Gasteiger partial charge on any atom is -0.497 e. The summed E-state index contributed by atoms with van der Waals surface area (Å²) in [6.07, 6.45) is 0.564. The highest BCUT2D eigenvalue weighted by molar-refractivity contribution is 6.02. The molecule has 1 heterocycles. The first kappa shape index (κ1) is 18.6. The second-order valence-corrected chi connectivity index (χ2v) is 6.35. The maximum absolute atomic E-state index is 12.9. The number of methoxy groups -OCH3 is 1. The molecule has 0 atom stereocenters. The SMILES string of the molecule is COc1ccc(N(Cc2ccccc2)C(=O)CCN2C(=O)CCC2=O)cc1. The lowest BCUT2D eigenvalue weighted by Crippen LogP contribution is -2.36. The molecular formula is C21H22N2O4. The molecule has 0 N–H and O–H groups in total. The third-order valence-electron chi connectivity index (χ3n) is 4.57. The standard InChI is InChI=1S/C21H22N2O4/c1-27-18-9-7-17(8-10-18)23(15-16-5-3-2-4-6-16)21(26)13-14-22-19(24)11-12-20(22)25/h2-10H,11-15H2,1H3. The highest BCUT2D eigenvalue weighted by atomic mass is 16.5. The first-order valence-corrected chi connectivity index (χ1v) is 8.90. The van der Waals surface area contributed by atoms with Crippen molar-refractivity contribution in [3.8, 4) is 5.75 Å². The Morgan fingerprint density at radius 2 is 1.63 bits per heavy atom. The van der Waals surface area contributed by atoms with Gasteiger partial charge in [0.25, 0.3) is 0 Å². The summed E-state index contributed by atoms with van der Waals surface area (Å²) in [5.74, 6) is 0.161. The van der Waals surface area contributed by atoms with Crippen molar-refractivity contribution in [2.75, 3.05) is 18.6 Å². The van der Waals surface area contributed by atoms with Gasteiger partial charge in [-0.05, 0) is 29.8 Å². The molecule has 6 nitrogen and oxygen atoms in total. The number of hydrogen-bond acceptors (Lipinski definition) is 4. The number of likely N-dealkylation sites (tertiary alicyclic amines) is 1. The van der Waals surface area contributed by atoms with Crippen LogP contribution < -0.4 is 9.64 Å². The van der Waals surface area contributed by atoms with E-state index in [1.54, 1.807) is 24.1 Å². The summed E-state index contributed by atoms with van der Waals surface area (Å²) in [6, 6.07) is 16.9. The molecule has 0 aromatic heterocycles. The monoisotopic (exact) mass is 366 g/mol. The van der Waals surface area contributed by atoms with Crippen molar-refractivity contribution in [3.05, 3.63) is 60.2 Å². The molecule has 1 aliphatic heterocycles. The minimum absolute atomic E-state index is 0.0936. The van der Waals surface area contributed by atoms with Crippen molar-refractivity contribution >= 4 is 23.4 Å². The molecule has 0 spiro atoms. The van der Waals surface area contributed by atoms with E-state index in [2.05, 4.69) is 0 Å². The molecule has 27 heavy (non-hydrogen) atoms. The van der Waals surface area contributed by atoms with Crippen molar-refractivity contribution in [3.63, 3.8) is 0 Å². The summed E-state index contributed by atoms with van der Waals surface area (Å²) in [6.45, 7) is 0.534. The van der Waals surface area contributed by atoms with Crippen molar-refractivity contribution in [2.24, 2.45) is 0 Å². The lowest BCUT2D eigenvalue weighted by atomic mass is 10.1. The second-order valence-electron chi connectivity index (χ2n) is 6.35. The third kappa shape index (κ3) is 4.53. The summed E-state index contributed by atoms with van der Waals surface area (Å²) < 4.78 is 5.18. The van der Waals surface area contributed by atoms with Crippen LogP contribution in [0.4, 0.5) is 5.69 Å². The maximum atomic E-state index is 12.9. The van der Waals surface area contributed by atoms with E-state index >= 15 is 0 Å². The Labute approximate surface area is 158 Å². The molecule has 0 bridgehead atoms. The molecule has 1 saturated heterocycles. The highest BCUT2D eigenvalue weighted by Crippen LogP contribution is 2.22. The molecule has 1 aliphatic rings. The van der Waals surface area contributed by atoms with Crippen LogP contribution in [0.2, 0.25) is 0 Å². The number of nitrogens with zero attached hydrogens (tertiary/aromatic N) is 2. The average molecular weight is 366 g/mol. The first-order chi connectivity index (χ1) is 13.1. The first-order valence-electron chi connectivity index (χ1n) is 8.90. The summed E-state index contributed by atoms with van der Waals surface area (Å²) in [5, 5.41) is 0. The van der Waals surface area contributed by atoms with E-state index in [-0.39, 0.29) is 43.5 Å². The van der Waals surface area contributed by atoms with Gasteiger partial charge in [0, 0.05) is 31.5 Å². The van der Waals surface area contributed by atoms with Crippen LogP contribution in [-0.4, -0.2) is 36.3 Å². The molecule has 0 saturated carbocycles. The van der Waals surface area contributed by atoms with E-state index in [4.69, 9.17) is 4.74 Å². The van der Waals surface area contributed by atoms with Crippen molar-refractivity contribution in [1.82, 2.24) is 4.90 Å². The summed E-state index contributed by atoms with van der Waals surface area (Å²) in [7, 11) is 1.59. The molecule has 0 radical (unpaired) electrons. The van der Waals surface area contributed by atoms with Gasteiger partial charge >= 0.3 is 0 Å². The van der Waals surface area contributed by atoms with Crippen LogP contribution in [0.25, 0.3) is 0 Å².